The number of benzene rings is 1. The molecular weight excluding hydrogens is 238 g/mol. The van der Waals surface area contributed by atoms with E-state index in [4.69, 9.17) is 0 Å². The van der Waals surface area contributed by atoms with Crippen LogP contribution in [0.15, 0.2) is 24.5 Å². The second kappa shape index (κ2) is 5.82. The van der Waals surface area contributed by atoms with Gasteiger partial charge in [0.1, 0.15) is 6.33 Å². The first-order chi connectivity index (χ1) is 9.11. The van der Waals surface area contributed by atoms with Gasteiger partial charge in [0.2, 0.25) is 0 Å². The molecule has 5 heteroatoms. The number of nitrogens with zero attached hydrogens (tertiary/aromatic N) is 4. The Hall–Kier alpha value is -1.91. The molecule has 0 radical (unpaired) electrons. The third-order valence-corrected chi connectivity index (χ3v) is 3.39. The molecule has 0 saturated carbocycles. The van der Waals surface area contributed by atoms with E-state index in [9.17, 15) is 0 Å². The highest BCUT2D eigenvalue weighted by molar-refractivity contribution is 5.53. The molecule has 2 rings (SSSR count). The van der Waals surface area contributed by atoms with Gasteiger partial charge in [-0.1, -0.05) is 20.8 Å². The summed E-state index contributed by atoms with van der Waals surface area (Å²) in [6.45, 7) is 8.76. The molecular formula is C14H21N5. The Morgan fingerprint density at radius 1 is 1.32 bits per heavy atom. The average molecular weight is 259 g/mol. The van der Waals surface area contributed by atoms with Crippen molar-refractivity contribution in [2.75, 3.05) is 5.32 Å². The summed E-state index contributed by atoms with van der Waals surface area (Å²) in [6.07, 6.45) is 2.73. The van der Waals surface area contributed by atoms with Crippen molar-refractivity contribution in [3.63, 3.8) is 0 Å². The van der Waals surface area contributed by atoms with Gasteiger partial charge < -0.3 is 5.32 Å². The summed E-state index contributed by atoms with van der Waals surface area (Å²) < 4.78 is 1.68. The van der Waals surface area contributed by atoms with E-state index in [-0.39, 0.29) is 0 Å². The molecule has 1 unspecified atom stereocenters. The Balaban J connectivity index is 2.19. The maximum atomic E-state index is 3.92. The van der Waals surface area contributed by atoms with Gasteiger partial charge in [0, 0.05) is 11.7 Å². The molecule has 0 bridgehead atoms. The number of nitrogens with one attached hydrogen (secondary N) is 1. The van der Waals surface area contributed by atoms with Crippen LogP contribution < -0.4 is 5.32 Å². The quantitative estimate of drug-likeness (QED) is 0.897. The highest BCUT2D eigenvalue weighted by atomic mass is 15.5. The van der Waals surface area contributed by atoms with Crippen LogP contribution in [-0.4, -0.2) is 26.2 Å². The third-order valence-electron chi connectivity index (χ3n) is 3.39. The van der Waals surface area contributed by atoms with Crippen molar-refractivity contribution in [3.8, 4) is 5.69 Å². The first-order valence-electron chi connectivity index (χ1n) is 6.72. The van der Waals surface area contributed by atoms with Gasteiger partial charge in [0.15, 0.2) is 0 Å². The fourth-order valence-electron chi connectivity index (χ4n) is 2.23. The molecule has 5 nitrogen and oxygen atoms in total. The number of rotatable bonds is 5. The Labute approximate surface area is 114 Å². The summed E-state index contributed by atoms with van der Waals surface area (Å²) in [7, 11) is 0. The van der Waals surface area contributed by atoms with Crippen LogP contribution in [0, 0.1) is 12.8 Å². The fourth-order valence-corrected chi connectivity index (χ4v) is 2.23. The molecule has 1 atom stereocenters. The number of aromatic nitrogens is 4. The molecule has 0 fully saturated rings. The van der Waals surface area contributed by atoms with Crippen molar-refractivity contribution in [2.24, 2.45) is 5.92 Å². The van der Waals surface area contributed by atoms with E-state index >= 15 is 0 Å². The number of tetrazole rings is 1. The van der Waals surface area contributed by atoms with Gasteiger partial charge in [-0.2, -0.15) is 0 Å². The summed E-state index contributed by atoms with van der Waals surface area (Å²) in [4.78, 5) is 0. The van der Waals surface area contributed by atoms with E-state index < -0.39 is 0 Å². The van der Waals surface area contributed by atoms with E-state index in [2.05, 4.69) is 60.7 Å². The third kappa shape index (κ3) is 3.10. The smallest absolute Gasteiger partial charge is 0.143 e. The van der Waals surface area contributed by atoms with Crippen LogP contribution in [0.4, 0.5) is 5.69 Å². The second-order valence-corrected chi connectivity index (χ2v) is 5.16. The van der Waals surface area contributed by atoms with Crippen molar-refractivity contribution in [2.45, 2.75) is 40.2 Å². The Bertz CT molecular complexity index is 519. The Kier molecular flexibility index (Phi) is 4.14. The number of anilines is 1. The normalized spacial score (nSPS) is 12.7. The lowest BCUT2D eigenvalue weighted by molar-refractivity contribution is 0.511. The standard InChI is InChI=1S/C14H21N5/c1-5-13(10(2)3)16-12-6-7-14(11(4)8-12)19-9-15-17-18-19/h6-10,13,16H,5H2,1-4H3. The lowest BCUT2D eigenvalue weighted by Crippen LogP contribution is -2.24. The van der Waals surface area contributed by atoms with Gasteiger partial charge in [-0.15, -0.1) is 5.10 Å². The number of aryl methyl sites for hydroxylation is 1. The van der Waals surface area contributed by atoms with Gasteiger partial charge in [-0.3, -0.25) is 0 Å². The monoisotopic (exact) mass is 259 g/mol. The van der Waals surface area contributed by atoms with Crippen LogP contribution in [-0.2, 0) is 0 Å². The van der Waals surface area contributed by atoms with Crippen molar-refractivity contribution in [1.82, 2.24) is 20.2 Å². The van der Waals surface area contributed by atoms with E-state index in [0.717, 1.165) is 23.4 Å². The fraction of sp³-hybridized carbons (Fsp3) is 0.500. The Morgan fingerprint density at radius 3 is 2.63 bits per heavy atom. The zero-order valence-corrected chi connectivity index (χ0v) is 12.0. The molecule has 0 saturated heterocycles. The zero-order chi connectivity index (χ0) is 13.8. The Morgan fingerprint density at radius 2 is 2.11 bits per heavy atom. The van der Waals surface area contributed by atoms with Crippen LogP contribution in [0.25, 0.3) is 5.69 Å². The molecule has 1 aromatic heterocycles. The van der Waals surface area contributed by atoms with E-state index in [1.807, 2.05) is 6.07 Å². The highest BCUT2D eigenvalue weighted by Gasteiger charge is 2.11. The van der Waals surface area contributed by atoms with Crippen molar-refractivity contribution < 1.29 is 0 Å². The molecule has 0 amide bonds. The number of hydrogen-bond acceptors (Lipinski definition) is 4. The summed E-state index contributed by atoms with van der Waals surface area (Å²) in [5.74, 6) is 0.615. The van der Waals surface area contributed by atoms with Crippen LogP contribution >= 0.6 is 0 Å². The maximum absolute atomic E-state index is 3.92. The minimum Gasteiger partial charge on any atom is -0.382 e. The zero-order valence-electron chi connectivity index (χ0n) is 12.0. The molecule has 0 aliphatic carbocycles. The predicted molar refractivity (Wildman–Crippen MR) is 76.4 cm³/mol. The van der Waals surface area contributed by atoms with Gasteiger partial charge in [0.05, 0.1) is 5.69 Å². The van der Waals surface area contributed by atoms with E-state index in [0.29, 0.717) is 12.0 Å². The van der Waals surface area contributed by atoms with Gasteiger partial charge in [-0.25, -0.2) is 4.68 Å². The summed E-state index contributed by atoms with van der Waals surface area (Å²) >= 11 is 0. The molecule has 1 N–H and O–H groups in total. The van der Waals surface area contributed by atoms with Crippen molar-refractivity contribution >= 4 is 5.69 Å². The summed E-state index contributed by atoms with van der Waals surface area (Å²) in [5, 5.41) is 14.8. The van der Waals surface area contributed by atoms with Crippen LogP contribution in [0.2, 0.25) is 0 Å². The van der Waals surface area contributed by atoms with E-state index in [1.54, 1.807) is 11.0 Å². The van der Waals surface area contributed by atoms with Crippen LogP contribution in [0.5, 0.6) is 0 Å². The van der Waals surface area contributed by atoms with Crippen molar-refractivity contribution in [1.29, 1.82) is 0 Å². The minimum absolute atomic E-state index is 0.498. The molecule has 1 heterocycles. The summed E-state index contributed by atoms with van der Waals surface area (Å²) in [5.41, 5.74) is 3.30. The van der Waals surface area contributed by atoms with Crippen molar-refractivity contribution in [3.05, 3.63) is 30.1 Å². The molecule has 19 heavy (non-hydrogen) atoms. The highest BCUT2D eigenvalue weighted by Crippen LogP contribution is 2.20. The lowest BCUT2D eigenvalue weighted by Gasteiger charge is -2.22. The SMILES string of the molecule is CCC(Nc1ccc(-n2cnnn2)c(C)c1)C(C)C. The molecule has 1 aromatic carbocycles. The molecule has 2 aromatic rings. The first kappa shape index (κ1) is 13.5. The minimum atomic E-state index is 0.498. The lowest BCUT2D eigenvalue weighted by atomic mass is 10.0. The molecule has 0 aliphatic rings. The van der Waals surface area contributed by atoms with Crippen LogP contribution in [0.1, 0.15) is 32.8 Å². The first-order valence-corrected chi connectivity index (χ1v) is 6.72. The molecule has 102 valence electrons. The summed E-state index contributed by atoms with van der Waals surface area (Å²) in [6, 6.07) is 6.76. The van der Waals surface area contributed by atoms with Gasteiger partial charge in [0.25, 0.3) is 0 Å². The molecule has 0 spiro atoms. The predicted octanol–water partition coefficient (Wildman–Crippen LogP) is 2.82. The van der Waals surface area contributed by atoms with Gasteiger partial charge >= 0.3 is 0 Å². The van der Waals surface area contributed by atoms with E-state index in [1.165, 1.54) is 0 Å². The van der Waals surface area contributed by atoms with Crippen LogP contribution in [0.3, 0.4) is 0 Å². The average Bonchev–Trinajstić information content (AvgIpc) is 2.89. The van der Waals surface area contributed by atoms with Gasteiger partial charge in [-0.05, 0) is 53.5 Å². The number of hydrogen-bond donors (Lipinski definition) is 1. The maximum Gasteiger partial charge on any atom is 0.143 e. The second-order valence-electron chi connectivity index (χ2n) is 5.16. The topological polar surface area (TPSA) is 55.6 Å². The largest absolute Gasteiger partial charge is 0.382 e. The molecule has 0 aliphatic heterocycles.